The molecule has 0 aliphatic carbocycles. The minimum Gasteiger partial charge on any atom is -0.504 e. The Morgan fingerprint density at radius 2 is 1.78 bits per heavy atom. The van der Waals surface area contributed by atoms with Crippen LogP contribution in [0.1, 0.15) is 0 Å². The van der Waals surface area contributed by atoms with Crippen LogP contribution in [0.2, 0.25) is 0 Å². The highest BCUT2D eigenvalue weighted by atomic mass is 16.5. The molecule has 0 fully saturated rings. The summed E-state index contributed by atoms with van der Waals surface area (Å²) in [5.41, 5.74) is 0.381. The maximum Gasteiger partial charge on any atom is 0.204 e. The lowest BCUT2D eigenvalue weighted by Gasteiger charge is -2.11. The normalized spacial score (nSPS) is 10.7. The van der Waals surface area contributed by atoms with Gasteiger partial charge in [0, 0.05) is 11.6 Å². The third kappa shape index (κ3) is 2.24. The van der Waals surface area contributed by atoms with Gasteiger partial charge >= 0.3 is 0 Å². The summed E-state index contributed by atoms with van der Waals surface area (Å²) < 4.78 is 15.6. The van der Waals surface area contributed by atoms with Gasteiger partial charge in [-0.2, -0.15) is 0 Å². The molecule has 0 atom stereocenters. The summed E-state index contributed by atoms with van der Waals surface area (Å²) >= 11 is 0. The molecular weight excluding hydrogens is 300 g/mol. The lowest BCUT2D eigenvalue weighted by Crippen LogP contribution is -2.06. The van der Waals surface area contributed by atoms with Crippen molar-refractivity contribution in [3.8, 4) is 34.1 Å². The number of phenolic OH excluding ortho intramolecular Hbond substituents is 2. The van der Waals surface area contributed by atoms with E-state index < -0.39 is 11.2 Å². The summed E-state index contributed by atoms with van der Waals surface area (Å²) in [5, 5.41) is 19.9. The van der Waals surface area contributed by atoms with E-state index in [1.54, 1.807) is 24.3 Å². The zero-order valence-electron chi connectivity index (χ0n) is 12.5. The van der Waals surface area contributed by atoms with Gasteiger partial charge in [0.1, 0.15) is 23.0 Å². The molecule has 3 rings (SSSR count). The fourth-order valence-corrected chi connectivity index (χ4v) is 2.49. The maximum atomic E-state index is 12.8. The molecule has 1 aromatic heterocycles. The Balaban J connectivity index is 2.38. The van der Waals surface area contributed by atoms with Crippen LogP contribution >= 0.6 is 0 Å². The van der Waals surface area contributed by atoms with E-state index in [0.29, 0.717) is 11.3 Å². The zero-order valence-corrected chi connectivity index (χ0v) is 12.5. The summed E-state index contributed by atoms with van der Waals surface area (Å²) in [4.78, 5) is 12.8. The minimum atomic E-state index is -0.465. The van der Waals surface area contributed by atoms with Crippen LogP contribution in [0.4, 0.5) is 0 Å². The molecule has 0 spiro atoms. The van der Waals surface area contributed by atoms with Crippen LogP contribution in [0, 0.1) is 0 Å². The van der Waals surface area contributed by atoms with E-state index in [1.807, 2.05) is 0 Å². The summed E-state index contributed by atoms with van der Waals surface area (Å²) in [7, 11) is 2.78. The topological polar surface area (TPSA) is 89.1 Å². The zero-order chi connectivity index (χ0) is 16.6. The predicted octanol–water partition coefficient (Wildman–Crippen LogP) is 2.89. The lowest BCUT2D eigenvalue weighted by atomic mass is 10.0. The quantitative estimate of drug-likeness (QED) is 0.772. The first kappa shape index (κ1) is 14.8. The molecule has 2 N–H and O–H groups in total. The number of aromatic hydroxyl groups is 2. The van der Waals surface area contributed by atoms with Crippen LogP contribution in [0.3, 0.4) is 0 Å². The maximum absolute atomic E-state index is 12.8. The van der Waals surface area contributed by atoms with E-state index in [9.17, 15) is 15.0 Å². The number of ether oxygens (including phenoxy) is 2. The van der Waals surface area contributed by atoms with E-state index >= 15 is 0 Å². The number of hydrogen-bond acceptors (Lipinski definition) is 6. The number of rotatable bonds is 3. The molecule has 6 heteroatoms. The second-order valence-electron chi connectivity index (χ2n) is 4.83. The van der Waals surface area contributed by atoms with Crippen molar-refractivity contribution < 1.29 is 24.1 Å². The van der Waals surface area contributed by atoms with Gasteiger partial charge in [-0.05, 0) is 6.07 Å². The molecule has 6 nitrogen and oxygen atoms in total. The van der Waals surface area contributed by atoms with Crippen molar-refractivity contribution in [2.75, 3.05) is 14.2 Å². The smallest absolute Gasteiger partial charge is 0.204 e. The van der Waals surface area contributed by atoms with Crippen molar-refractivity contribution in [2.45, 2.75) is 0 Å². The van der Waals surface area contributed by atoms with Gasteiger partial charge in [-0.25, -0.2) is 0 Å². The van der Waals surface area contributed by atoms with E-state index in [-0.39, 0.29) is 28.0 Å². The highest BCUT2D eigenvalue weighted by Gasteiger charge is 2.20. The Morgan fingerprint density at radius 1 is 1.04 bits per heavy atom. The van der Waals surface area contributed by atoms with Gasteiger partial charge < -0.3 is 24.1 Å². The van der Waals surface area contributed by atoms with Crippen LogP contribution in [0.15, 0.2) is 45.8 Å². The first-order valence-corrected chi connectivity index (χ1v) is 6.76. The Morgan fingerprint density at radius 3 is 2.48 bits per heavy atom. The predicted molar refractivity (Wildman–Crippen MR) is 84.4 cm³/mol. The van der Waals surface area contributed by atoms with Gasteiger partial charge in [-0.15, -0.1) is 0 Å². The van der Waals surface area contributed by atoms with Crippen molar-refractivity contribution in [3.63, 3.8) is 0 Å². The number of fused-ring (bicyclic) bond motifs is 1. The fraction of sp³-hybridized carbons (Fsp3) is 0.118. The summed E-state index contributed by atoms with van der Waals surface area (Å²) in [6.07, 6.45) is 1.27. The summed E-state index contributed by atoms with van der Waals surface area (Å²) in [5.74, 6) is -0.454. The summed E-state index contributed by atoms with van der Waals surface area (Å²) in [6, 6.07) is 8.20. The van der Waals surface area contributed by atoms with Crippen molar-refractivity contribution in [1.82, 2.24) is 0 Å². The molecule has 1 heterocycles. The Bertz CT molecular complexity index is 942. The van der Waals surface area contributed by atoms with Gasteiger partial charge in [-0.1, -0.05) is 18.2 Å². The average molecular weight is 314 g/mol. The molecule has 0 bridgehead atoms. The first-order chi connectivity index (χ1) is 11.1. The lowest BCUT2D eigenvalue weighted by molar-refractivity contribution is 0.346. The Labute approximate surface area is 131 Å². The third-order valence-electron chi connectivity index (χ3n) is 3.58. The molecule has 0 unspecified atom stereocenters. The van der Waals surface area contributed by atoms with Crippen molar-refractivity contribution >= 4 is 11.0 Å². The van der Waals surface area contributed by atoms with Gasteiger partial charge in [0.25, 0.3) is 0 Å². The van der Waals surface area contributed by atoms with Gasteiger partial charge in [-0.3, -0.25) is 4.79 Å². The van der Waals surface area contributed by atoms with Gasteiger partial charge in [0.15, 0.2) is 11.5 Å². The fourth-order valence-electron chi connectivity index (χ4n) is 2.49. The van der Waals surface area contributed by atoms with Crippen molar-refractivity contribution in [3.05, 3.63) is 46.8 Å². The average Bonchev–Trinajstić information content (AvgIpc) is 2.55. The molecule has 0 amide bonds. The highest BCUT2D eigenvalue weighted by Crippen LogP contribution is 2.41. The SMILES string of the molecule is COc1ccccc1-c1coc2cc(O)c(OC)c(O)c2c1=O. The molecule has 0 radical (unpaired) electrons. The molecule has 3 aromatic rings. The Kier molecular flexibility index (Phi) is 3.57. The standard InChI is InChI=1S/C17H14O6/c1-21-12-6-4-3-5-9(12)10-8-23-13-7-11(18)17(22-2)16(20)14(13)15(10)19/h3-8,18,20H,1-2H3. The van der Waals surface area contributed by atoms with Crippen LogP contribution in [-0.2, 0) is 0 Å². The van der Waals surface area contributed by atoms with E-state index in [0.717, 1.165) is 0 Å². The number of phenols is 2. The molecule has 2 aromatic carbocycles. The number of para-hydroxylation sites is 1. The van der Waals surface area contributed by atoms with E-state index in [2.05, 4.69) is 0 Å². The van der Waals surface area contributed by atoms with Crippen LogP contribution in [0.5, 0.6) is 23.0 Å². The van der Waals surface area contributed by atoms with Crippen LogP contribution < -0.4 is 14.9 Å². The van der Waals surface area contributed by atoms with Gasteiger partial charge in [0.05, 0.1) is 19.8 Å². The molecule has 118 valence electrons. The van der Waals surface area contributed by atoms with Crippen LogP contribution in [0.25, 0.3) is 22.1 Å². The van der Waals surface area contributed by atoms with E-state index in [1.165, 1.54) is 26.5 Å². The molecule has 0 aliphatic rings. The van der Waals surface area contributed by atoms with Gasteiger partial charge in [0.2, 0.25) is 11.2 Å². The largest absolute Gasteiger partial charge is 0.504 e. The first-order valence-electron chi connectivity index (χ1n) is 6.76. The molecular formula is C17H14O6. The number of benzene rings is 2. The number of methoxy groups -OCH3 is 2. The van der Waals surface area contributed by atoms with Crippen molar-refractivity contribution in [2.24, 2.45) is 0 Å². The monoisotopic (exact) mass is 314 g/mol. The summed E-state index contributed by atoms with van der Waals surface area (Å²) in [6.45, 7) is 0. The van der Waals surface area contributed by atoms with Crippen molar-refractivity contribution in [1.29, 1.82) is 0 Å². The van der Waals surface area contributed by atoms with E-state index in [4.69, 9.17) is 13.9 Å². The molecule has 23 heavy (non-hydrogen) atoms. The minimum absolute atomic E-state index is 0.0597. The Hall–Kier alpha value is -3.15. The molecule has 0 saturated heterocycles. The highest BCUT2D eigenvalue weighted by molar-refractivity contribution is 5.91. The number of hydrogen-bond donors (Lipinski definition) is 2. The molecule has 0 aliphatic heterocycles. The molecule has 0 saturated carbocycles. The second-order valence-corrected chi connectivity index (χ2v) is 4.83. The second kappa shape index (κ2) is 5.57. The van der Waals surface area contributed by atoms with Crippen LogP contribution in [-0.4, -0.2) is 24.4 Å². The third-order valence-corrected chi connectivity index (χ3v) is 3.58.